The van der Waals surface area contributed by atoms with E-state index in [4.69, 9.17) is 43.5 Å². The minimum Gasteiger partial charge on any atom is -1.00 e. The van der Waals surface area contributed by atoms with Gasteiger partial charge in [-0.25, -0.2) is 4.79 Å². The first-order valence-corrected chi connectivity index (χ1v) is 25.0. The number of primary amides is 1. The van der Waals surface area contributed by atoms with Crippen LogP contribution in [0.15, 0.2) is 152 Å². The van der Waals surface area contributed by atoms with Gasteiger partial charge in [-0.1, -0.05) is 133 Å². The van der Waals surface area contributed by atoms with Crippen molar-refractivity contribution < 1.29 is 55.2 Å². The summed E-state index contributed by atoms with van der Waals surface area (Å²) in [5, 5.41) is 12.9. The van der Waals surface area contributed by atoms with Crippen molar-refractivity contribution in [2.75, 3.05) is 65.3 Å². The van der Waals surface area contributed by atoms with Gasteiger partial charge in [0.05, 0.1) is 61.5 Å². The number of esters is 1. The molecule has 2 aliphatic rings. The molecule has 389 valence electrons. The molecule has 4 N–H and O–H groups in total. The zero-order valence-corrected chi connectivity index (χ0v) is 48.4. The Labute approximate surface area is 485 Å². The maximum atomic E-state index is 12.8. The zero-order valence-electron chi connectivity index (χ0n) is 42.5. The van der Waals surface area contributed by atoms with Crippen molar-refractivity contribution in [2.24, 2.45) is 5.73 Å². The normalized spacial score (nSPS) is 13.7. The molecule has 16 heteroatoms. The molecule has 74 heavy (non-hydrogen) atoms. The molecule has 2 fully saturated rings. The van der Waals surface area contributed by atoms with E-state index in [1.807, 2.05) is 66.7 Å². The number of carbonyl (C=O) groups excluding carboxylic acids is 3. The molecular weight excluding hydrogens is 1070 g/mol. The van der Waals surface area contributed by atoms with Crippen molar-refractivity contribution in [3.63, 3.8) is 0 Å². The van der Waals surface area contributed by atoms with Gasteiger partial charge in [-0.3, -0.25) is 19.3 Å². The second-order valence-corrected chi connectivity index (χ2v) is 19.0. The SMILES string of the molecule is COC(=O)c1ccccc1C(=O)c1ccc(OCCN2CCCCC2)cc1.C[N+]1(CCC(C(N)=O)(c2ccccc2)c2ccccc2)CCCCC1.Cl.O=C(O)Cc1ccccc1Nc1c(Cl)cccc1Cl.[Br-].[Na]. The third kappa shape index (κ3) is 18.0. The number of amides is 1. The van der Waals surface area contributed by atoms with E-state index in [1.54, 1.807) is 84.9 Å². The van der Waals surface area contributed by atoms with E-state index in [0.717, 1.165) is 54.0 Å². The number of ketones is 1. The molecule has 1 radical (unpaired) electrons. The van der Waals surface area contributed by atoms with Crippen LogP contribution in [0, 0.1) is 0 Å². The van der Waals surface area contributed by atoms with Gasteiger partial charge in [0, 0.05) is 59.3 Å². The summed E-state index contributed by atoms with van der Waals surface area (Å²) in [5.41, 5.74) is 10.3. The maximum Gasteiger partial charge on any atom is 0.338 e. The molecule has 0 aliphatic carbocycles. The molecule has 2 heterocycles. The Bertz CT molecular complexity index is 2630. The summed E-state index contributed by atoms with van der Waals surface area (Å²) in [4.78, 5) is 50.7. The number of rotatable bonds is 17. The number of carboxylic acid groups (broad SMARTS) is 1. The fourth-order valence-corrected chi connectivity index (χ4v) is 9.75. The number of para-hydroxylation sites is 2. The fraction of sp³-hybridized carbons (Fsp3) is 0.310. The first kappa shape index (κ1) is 63.6. The van der Waals surface area contributed by atoms with Crippen LogP contribution in [0.4, 0.5) is 11.4 Å². The summed E-state index contributed by atoms with van der Waals surface area (Å²) >= 11 is 12.1. The number of methoxy groups -OCH3 is 1. The molecular formula is C58H66BrCl3N4NaO7. The van der Waals surface area contributed by atoms with E-state index in [1.165, 1.54) is 58.7 Å². The van der Waals surface area contributed by atoms with Crippen LogP contribution < -0.4 is 32.8 Å². The van der Waals surface area contributed by atoms with Crippen LogP contribution in [0.2, 0.25) is 10.0 Å². The standard InChI is InChI=1S/C22H28N2O.C22H25NO4.C14H11Cl2NO2.BrH.ClH.Na/c1-24(16-9-4-10-17-24)18-15-22(21(23)25,19-11-5-2-6-12-19)20-13-7-3-8-14-20;1-26-22(25)20-8-4-3-7-19(20)21(24)17-9-11-18(12-10-17)27-16-15-23-13-5-2-6-14-23;15-10-5-3-6-11(16)14(10)17-12-7-2-1-4-9(12)8-13(18)19;;;/h2-3,5-8,11-14H,4,9-10,15-18H2,1H3,(H-,23,25);3-4,7-12H,2,5-6,13-16H2,1H3;1-7,17H,8H2,(H,18,19);2*1H;. The number of anilines is 2. The topological polar surface area (TPSA) is 148 Å². The number of hydrogen-bond donors (Lipinski definition) is 3. The van der Waals surface area contributed by atoms with Gasteiger partial charge in [0.15, 0.2) is 5.78 Å². The number of carboxylic acids is 1. The molecule has 0 aromatic heterocycles. The number of nitrogens with zero attached hydrogens (tertiary/aromatic N) is 2. The summed E-state index contributed by atoms with van der Waals surface area (Å²) in [6.07, 6.45) is 8.41. The average Bonchev–Trinajstić information content (AvgIpc) is 3.39. The number of piperidine rings is 2. The van der Waals surface area contributed by atoms with Gasteiger partial charge in [-0.15, -0.1) is 12.4 Å². The Morgan fingerprint density at radius 1 is 0.703 bits per heavy atom. The van der Waals surface area contributed by atoms with Crippen LogP contribution in [0.25, 0.3) is 0 Å². The molecule has 8 rings (SSSR count). The summed E-state index contributed by atoms with van der Waals surface area (Å²) < 4.78 is 11.6. The number of carbonyl (C=O) groups is 4. The Balaban J connectivity index is 0.000000291. The van der Waals surface area contributed by atoms with Crippen LogP contribution in [0.1, 0.15) is 87.9 Å². The zero-order chi connectivity index (χ0) is 50.6. The summed E-state index contributed by atoms with van der Waals surface area (Å²) in [7, 11) is 3.63. The first-order chi connectivity index (χ1) is 34.3. The van der Waals surface area contributed by atoms with Crippen molar-refractivity contribution in [3.8, 4) is 5.75 Å². The van der Waals surface area contributed by atoms with E-state index in [-0.39, 0.29) is 82.6 Å². The smallest absolute Gasteiger partial charge is 0.338 e. The number of halogens is 4. The van der Waals surface area contributed by atoms with E-state index < -0.39 is 17.4 Å². The number of benzene rings is 6. The predicted octanol–water partition coefficient (Wildman–Crippen LogP) is 8.46. The quantitative estimate of drug-likeness (QED) is 0.0354. The minimum atomic E-state index is -0.889. The number of nitrogens with one attached hydrogen (secondary N) is 1. The van der Waals surface area contributed by atoms with Crippen LogP contribution in [-0.4, -0.2) is 128 Å². The molecule has 0 saturated carbocycles. The molecule has 6 aromatic rings. The maximum absolute atomic E-state index is 12.8. The fourth-order valence-electron chi connectivity index (χ4n) is 9.26. The Hall–Kier alpha value is -4.73. The van der Waals surface area contributed by atoms with E-state index in [2.05, 4.69) is 17.3 Å². The molecule has 0 unspecified atom stereocenters. The number of hydrogen-bond acceptors (Lipinski definition) is 8. The van der Waals surface area contributed by atoms with Crippen molar-refractivity contribution >= 4 is 100 Å². The van der Waals surface area contributed by atoms with Crippen LogP contribution in [0.5, 0.6) is 5.75 Å². The van der Waals surface area contributed by atoms with Crippen molar-refractivity contribution in [3.05, 3.63) is 195 Å². The Morgan fingerprint density at radius 2 is 1.23 bits per heavy atom. The van der Waals surface area contributed by atoms with Gasteiger partial charge in [0.25, 0.3) is 0 Å². The Morgan fingerprint density at radius 3 is 1.78 bits per heavy atom. The van der Waals surface area contributed by atoms with Crippen LogP contribution >= 0.6 is 35.6 Å². The largest absolute Gasteiger partial charge is 1.00 e. The van der Waals surface area contributed by atoms with Gasteiger partial charge >= 0.3 is 11.9 Å². The third-order valence-electron chi connectivity index (χ3n) is 13.3. The molecule has 6 aromatic carbocycles. The van der Waals surface area contributed by atoms with Gasteiger partial charge in [0.2, 0.25) is 5.91 Å². The molecule has 2 saturated heterocycles. The minimum absolute atomic E-state index is 0. The van der Waals surface area contributed by atoms with Gasteiger partial charge in [-0.05, 0) is 110 Å². The van der Waals surface area contributed by atoms with Crippen molar-refractivity contribution in [1.82, 2.24) is 4.90 Å². The number of likely N-dealkylation sites (tertiary alicyclic amines) is 2. The number of aliphatic carboxylic acids is 1. The average molecular weight is 1140 g/mol. The summed E-state index contributed by atoms with van der Waals surface area (Å²) in [5.74, 6) is -1.13. The number of ether oxygens (including phenoxy) is 2. The molecule has 0 atom stereocenters. The Kier molecular flexibility index (Phi) is 27.5. The summed E-state index contributed by atoms with van der Waals surface area (Å²) in [6, 6.07) is 46.1. The van der Waals surface area contributed by atoms with Gasteiger partial charge in [0.1, 0.15) is 17.8 Å². The molecule has 0 spiro atoms. The van der Waals surface area contributed by atoms with Crippen molar-refractivity contribution in [1.29, 1.82) is 0 Å². The van der Waals surface area contributed by atoms with E-state index in [9.17, 15) is 19.2 Å². The second kappa shape index (κ2) is 32.0. The van der Waals surface area contributed by atoms with Gasteiger partial charge in [-0.2, -0.15) is 0 Å². The molecule has 0 bridgehead atoms. The predicted molar refractivity (Wildman–Crippen MR) is 296 cm³/mol. The first-order valence-electron chi connectivity index (χ1n) is 24.3. The number of nitrogens with two attached hydrogens (primary N) is 1. The molecule has 2 aliphatic heterocycles. The summed E-state index contributed by atoms with van der Waals surface area (Å²) in [6.45, 7) is 7.21. The monoisotopic (exact) mass is 1140 g/mol. The van der Waals surface area contributed by atoms with E-state index >= 15 is 0 Å². The number of quaternary nitrogens is 1. The second-order valence-electron chi connectivity index (χ2n) is 18.2. The molecule has 1 amide bonds. The van der Waals surface area contributed by atoms with Gasteiger partial charge < -0.3 is 47.1 Å². The van der Waals surface area contributed by atoms with Crippen molar-refractivity contribution in [2.45, 2.75) is 56.8 Å². The van der Waals surface area contributed by atoms with Crippen LogP contribution in [0.3, 0.4) is 0 Å². The third-order valence-corrected chi connectivity index (χ3v) is 13.9. The van der Waals surface area contributed by atoms with Crippen LogP contribution in [-0.2, 0) is 26.2 Å². The molecule has 11 nitrogen and oxygen atoms in total. The van der Waals surface area contributed by atoms with E-state index in [0.29, 0.717) is 44.7 Å².